The van der Waals surface area contributed by atoms with Gasteiger partial charge in [0.15, 0.2) is 0 Å². The van der Waals surface area contributed by atoms with Crippen LogP contribution in [0.5, 0.6) is 0 Å². The quantitative estimate of drug-likeness (QED) is 0.0380. The average Bonchev–Trinajstić information content (AvgIpc) is 3.11. The van der Waals surface area contributed by atoms with Gasteiger partial charge in [0.25, 0.3) is 0 Å². The third-order valence-corrected chi connectivity index (χ3v) is 10.4. The molecule has 3 unspecified atom stereocenters. The number of aliphatic hydroxyl groups is 3. The SMILES string of the molecule is CCCCCCCCCCCCCCCCCCCC/C=C/C(O)C(CO)NC(=O)C(O)CCCCCCCCCCCCCCCCC. The van der Waals surface area contributed by atoms with Crippen molar-refractivity contribution in [3.63, 3.8) is 0 Å². The lowest BCUT2D eigenvalue weighted by molar-refractivity contribution is -0.131. The van der Waals surface area contributed by atoms with Crippen molar-refractivity contribution in [2.24, 2.45) is 0 Å². The van der Waals surface area contributed by atoms with Crippen molar-refractivity contribution in [3.05, 3.63) is 12.2 Å². The van der Waals surface area contributed by atoms with Gasteiger partial charge in [0.05, 0.1) is 18.8 Å². The number of aliphatic hydroxyl groups excluding tert-OH is 3. The van der Waals surface area contributed by atoms with Crippen LogP contribution in [0.25, 0.3) is 0 Å². The van der Waals surface area contributed by atoms with Crippen LogP contribution in [-0.2, 0) is 4.79 Å². The van der Waals surface area contributed by atoms with Crippen molar-refractivity contribution in [2.75, 3.05) is 6.61 Å². The Labute approximate surface area is 306 Å². The molecular weight excluding hydrogens is 606 g/mol. The van der Waals surface area contributed by atoms with Crippen LogP contribution in [0, 0.1) is 0 Å². The monoisotopic (exact) mass is 694 g/mol. The fraction of sp³-hybridized carbons (Fsp3) is 0.932. The highest BCUT2D eigenvalue weighted by atomic mass is 16.3. The zero-order valence-corrected chi connectivity index (χ0v) is 33.1. The normalized spacial score (nSPS) is 13.7. The van der Waals surface area contributed by atoms with Crippen LogP contribution < -0.4 is 5.32 Å². The average molecular weight is 694 g/mol. The molecular formula is C44H87NO4. The molecule has 0 aliphatic rings. The summed E-state index contributed by atoms with van der Waals surface area (Å²) in [6, 6.07) is -0.792. The van der Waals surface area contributed by atoms with E-state index in [1.54, 1.807) is 6.08 Å². The van der Waals surface area contributed by atoms with Crippen molar-refractivity contribution < 1.29 is 20.1 Å². The maximum absolute atomic E-state index is 12.4. The molecule has 0 saturated heterocycles. The second-order valence-electron chi connectivity index (χ2n) is 15.3. The lowest BCUT2D eigenvalue weighted by Crippen LogP contribution is -2.48. The number of carbonyl (C=O) groups is 1. The van der Waals surface area contributed by atoms with E-state index in [0.717, 1.165) is 32.1 Å². The van der Waals surface area contributed by atoms with E-state index < -0.39 is 24.2 Å². The van der Waals surface area contributed by atoms with E-state index in [2.05, 4.69) is 19.2 Å². The number of hydrogen-bond donors (Lipinski definition) is 4. The second kappa shape index (κ2) is 39.9. The van der Waals surface area contributed by atoms with Gasteiger partial charge in [-0.15, -0.1) is 0 Å². The Morgan fingerprint density at radius 3 is 1.12 bits per heavy atom. The summed E-state index contributed by atoms with van der Waals surface area (Å²) >= 11 is 0. The first-order valence-electron chi connectivity index (χ1n) is 22.0. The molecule has 0 radical (unpaired) electrons. The molecule has 0 rings (SSSR count). The largest absolute Gasteiger partial charge is 0.394 e. The van der Waals surface area contributed by atoms with Crippen LogP contribution in [0.4, 0.5) is 0 Å². The minimum absolute atomic E-state index is 0.359. The molecule has 0 aliphatic heterocycles. The molecule has 5 heteroatoms. The molecule has 0 heterocycles. The third kappa shape index (κ3) is 35.3. The van der Waals surface area contributed by atoms with Crippen LogP contribution in [0.3, 0.4) is 0 Å². The number of allylic oxidation sites excluding steroid dienone is 1. The van der Waals surface area contributed by atoms with E-state index in [4.69, 9.17) is 0 Å². The van der Waals surface area contributed by atoms with Crippen LogP contribution in [0.2, 0.25) is 0 Å². The standard InChI is InChI=1S/C44H87NO4/c1-3-5-7-9-11-13-15-17-19-20-21-22-23-25-26-28-30-32-34-36-38-42(47)41(40-46)45-44(49)43(48)39-37-35-33-31-29-27-24-18-16-14-12-10-8-6-4-2/h36,38,41-43,46-48H,3-35,37,39-40H2,1-2H3,(H,45,49)/b38-36+. The van der Waals surface area contributed by atoms with Gasteiger partial charge in [0.1, 0.15) is 6.10 Å². The number of rotatable bonds is 40. The Balaban J connectivity index is 3.64. The van der Waals surface area contributed by atoms with Crippen molar-refractivity contribution in [1.29, 1.82) is 0 Å². The Kier molecular flexibility index (Phi) is 39.1. The molecule has 3 atom stereocenters. The van der Waals surface area contributed by atoms with Gasteiger partial charge in [-0.3, -0.25) is 4.79 Å². The predicted molar refractivity (Wildman–Crippen MR) is 213 cm³/mol. The molecule has 0 saturated carbocycles. The van der Waals surface area contributed by atoms with Crippen molar-refractivity contribution in [2.45, 2.75) is 257 Å². The third-order valence-electron chi connectivity index (χ3n) is 10.4. The Morgan fingerprint density at radius 2 is 0.796 bits per heavy atom. The zero-order chi connectivity index (χ0) is 35.9. The van der Waals surface area contributed by atoms with Gasteiger partial charge in [0.2, 0.25) is 5.91 Å². The summed E-state index contributed by atoms with van der Waals surface area (Å²) < 4.78 is 0. The van der Waals surface area contributed by atoms with Crippen LogP contribution >= 0.6 is 0 Å². The molecule has 0 fully saturated rings. The van der Waals surface area contributed by atoms with Crippen molar-refractivity contribution >= 4 is 5.91 Å². The van der Waals surface area contributed by atoms with Crippen molar-refractivity contribution in [3.8, 4) is 0 Å². The first-order chi connectivity index (χ1) is 24.1. The van der Waals surface area contributed by atoms with E-state index in [1.165, 1.54) is 186 Å². The molecule has 292 valence electrons. The second-order valence-corrected chi connectivity index (χ2v) is 15.3. The van der Waals surface area contributed by atoms with E-state index in [1.807, 2.05) is 6.08 Å². The maximum atomic E-state index is 12.4. The van der Waals surface area contributed by atoms with Gasteiger partial charge in [-0.2, -0.15) is 0 Å². The van der Waals surface area contributed by atoms with Gasteiger partial charge in [0, 0.05) is 0 Å². The van der Waals surface area contributed by atoms with E-state index >= 15 is 0 Å². The fourth-order valence-electron chi connectivity index (χ4n) is 6.89. The van der Waals surface area contributed by atoms with Crippen LogP contribution in [-0.4, -0.2) is 46.1 Å². The Bertz CT molecular complexity index is 684. The predicted octanol–water partition coefficient (Wildman–Crippen LogP) is 12.4. The zero-order valence-electron chi connectivity index (χ0n) is 33.1. The fourth-order valence-corrected chi connectivity index (χ4v) is 6.89. The molecule has 0 bridgehead atoms. The first-order valence-corrected chi connectivity index (χ1v) is 22.0. The Morgan fingerprint density at radius 1 is 0.490 bits per heavy atom. The number of unbranched alkanes of at least 4 members (excludes halogenated alkanes) is 32. The highest BCUT2D eigenvalue weighted by Crippen LogP contribution is 2.16. The number of carbonyl (C=O) groups excluding carboxylic acids is 1. The summed E-state index contributed by atoms with van der Waals surface area (Å²) in [7, 11) is 0. The topological polar surface area (TPSA) is 89.8 Å². The molecule has 0 aromatic carbocycles. The van der Waals surface area contributed by atoms with Crippen LogP contribution in [0.1, 0.15) is 239 Å². The summed E-state index contributed by atoms with van der Waals surface area (Å²) in [5, 5.41) is 33.1. The number of hydrogen-bond acceptors (Lipinski definition) is 4. The van der Waals surface area contributed by atoms with Crippen LogP contribution in [0.15, 0.2) is 12.2 Å². The van der Waals surface area contributed by atoms with Gasteiger partial charge in [-0.1, -0.05) is 231 Å². The molecule has 0 aromatic rings. The maximum Gasteiger partial charge on any atom is 0.249 e. The lowest BCUT2D eigenvalue weighted by atomic mass is 10.0. The van der Waals surface area contributed by atoms with E-state index in [-0.39, 0.29) is 6.61 Å². The highest BCUT2D eigenvalue weighted by Gasteiger charge is 2.22. The molecule has 5 nitrogen and oxygen atoms in total. The summed E-state index contributed by atoms with van der Waals surface area (Å²) in [5.74, 6) is -0.500. The minimum atomic E-state index is -1.09. The van der Waals surface area contributed by atoms with Gasteiger partial charge in [-0.05, 0) is 19.3 Å². The number of amides is 1. The Hall–Kier alpha value is -0.910. The molecule has 4 N–H and O–H groups in total. The summed E-state index contributed by atoms with van der Waals surface area (Å²) in [4.78, 5) is 12.4. The van der Waals surface area contributed by atoms with Gasteiger partial charge < -0.3 is 20.6 Å². The molecule has 0 spiro atoms. The van der Waals surface area contributed by atoms with E-state index in [9.17, 15) is 20.1 Å². The smallest absolute Gasteiger partial charge is 0.249 e. The molecule has 49 heavy (non-hydrogen) atoms. The van der Waals surface area contributed by atoms with Gasteiger partial charge >= 0.3 is 0 Å². The molecule has 0 aromatic heterocycles. The lowest BCUT2D eigenvalue weighted by Gasteiger charge is -2.21. The molecule has 1 amide bonds. The summed E-state index contributed by atoms with van der Waals surface area (Å²) in [6.45, 7) is 4.19. The highest BCUT2D eigenvalue weighted by molar-refractivity contribution is 5.80. The summed E-state index contributed by atoms with van der Waals surface area (Å²) in [5.41, 5.74) is 0. The summed E-state index contributed by atoms with van der Waals surface area (Å²) in [6.07, 6.45) is 46.7. The minimum Gasteiger partial charge on any atom is -0.394 e. The number of nitrogens with one attached hydrogen (secondary N) is 1. The first kappa shape index (κ1) is 48.1. The van der Waals surface area contributed by atoms with E-state index in [0.29, 0.717) is 6.42 Å². The van der Waals surface area contributed by atoms with Gasteiger partial charge in [-0.25, -0.2) is 0 Å². The molecule has 0 aliphatic carbocycles. The van der Waals surface area contributed by atoms with Crippen molar-refractivity contribution in [1.82, 2.24) is 5.32 Å².